The van der Waals surface area contributed by atoms with Gasteiger partial charge in [-0.15, -0.1) is 0 Å². The van der Waals surface area contributed by atoms with Crippen molar-refractivity contribution in [3.63, 3.8) is 0 Å². The van der Waals surface area contributed by atoms with Crippen LogP contribution in [0.3, 0.4) is 0 Å². The molecule has 1 unspecified atom stereocenters. The zero-order valence-corrected chi connectivity index (χ0v) is 20.2. The van der Waals surface area contributed by atoms with E-state index in [2.05, 4.69) is 29.6 Å². The average molecular weight is 467 g/mol. The molecule has 1 aliphatic heterocycles. The van der Waals surface area contributed by atoms with Gasteiger partial charge in [0.25, 0.3) is 11.8 Å². The molecule has 0 aliphatic carbocycles. The molecule has 2 amide bonds. The zero-order chi connectivity index (χ0) is 24.8. The topological polar surface area (TPSA) is 79.8 Å². The minimum absolute atomic E-state index is 0.184. The highest BCUT2D eigenvalue weighted by Gasteiger charge is 2.46. The number of benzene rings is 3. The number of amides is 2. The molecular weight excluding hydrogens is 437 g/mol. The van der Waals surface area contributed by atoms with Gasteiger partial charge in [0.1, 0.15) is 0 Å². The standard InChI is InChI=1S/C28H30BN3O3/c1-19(2)15-25(29)31-27(34)28(16-20-9-4-3-5-10-20)17-22(32-35-28)18-30-26(33)24-14-8-12-21-11-6-7-13-23(21)24/h3-14,19,25H,15-18H2,1-2H3,(H,30,33)(H,31,34)/t25-,28?/m0/s1. The van der Waals surface area contributed by atoms with E-state index in [0.717, 1.165) is 16.3 Å². The highest BCUT2D eigenvalue weighted by Crippen LogP contribution is 2.29. The van der Waals surface area contributed by atoms with Crippen molar-refractivity contribution in [2.24, 2.45) is 11.1 Å². The Balaban J connectivity index is 1.46. The van der Waals surface area contributed by atoms with Crippen molar-refractivity contribution in [2.45, 2.75) is 44.7 Å². The van der Waals surface area contributed by atoms with E-state index in [-0.39, 0.29) is 24.8 Å². The van der Waals surface area contributed by atoms with Crippen molar-refractivity contribution in [1.29, 1.82) is 0 Å². The number of fused-ring (bicyclic) bond motifs is 1. The Bertz CT molecular complexity index is 1220. The third-order valence-corrected chi connectivity index (χ3v) is 6.11. The van der Waals surface area contributed by atoms with Crippen LogP contribution in [0.2, 0.25) is 0 Å². The van der Waals surface area contributed by atoms with E-state index in [0.29, 0.717) is 30.0 Å². The average Bonchev–Trinajstić information content (AvgIpc) is 3.26. The highest BCUT2D eigenvalue weighted by atomic mass is 16.7. The monoisotopic (exact) mass is 467 g/mol. The molecule has 1 heterocycles. The van der Waals surface area contributed by atoms with Gasteiger partial charge in [-0.25, -0.2) is 0 Å². The second kappa shape index (κ2) is 10.8. The van der Waals surface area contributed by atoms with Gasteiger partial charge in [0.2, 0.25) is 5.60 Å². The molecular formula is C28H30BN3O3. The van der Waals surface area contributed by atoms with Gasteiger partial charge in [0, 0.05) is 18.4 Å². The summed E-state index contributed by atoms with van der Waals surface area (Å²) in [5, 5.41) is 11.9. The maximum absolute atomic E-state index is 13.3. The maximum Gasteiger partial charge on any atom is 0.267 e. The summed E-state index contributed by atoms with van der Waals surface area (Å²) in [5.41, 5.74) is 0.934. The van der Waals surface area contributed by atoms with E-state index < -0.39 is 11.5 Å². The molecule has 4 rings (SSSR count). The van der Waals surface area contributed by atoms with Crippen molar-refractivity contribution < 1.29 is 14.4 Å². The fraction of sp³-hybridized carbons (Fsp3) is 0.321. The smallest absolute Gasteiger partial charge is 0.267 e. The Kier molecular flexibility index (Phi) is 7.54. The molecule has 0 saturated heterocycles. The number of nitrogens with one attached hydrogen (secondary N) is 2. The van der Waals surface area contributed by atoms with Crippen LogP contribution < -0.4 is 10.6 Å². The third-order valence-electron chi connectivity index (χ3n) is 6.11. The van der Waals surface area contributed by atoms with Crippen LogP contribution in [0, 0.1) is 5.92 Å². The van der Waals surface area contributed by atoms with E-state index in [1.165, 1.54) is 0 Å². The first-order valence-electron chi connectivity index (χ1n) is 12.0. The second-order valence-electron chi connectivity index (χ2n) is 9.50. The molecule has 0 fully saturated rings. The SMILES string of the molecule is [B][C@H](CC(C)C)NC(=O)C1(Cc2ccccc2)CC(CNC(=O)c2cccc3ccccc23)=NO1. The first-order valence-corrected chi connectivity index (χ1v) is 12.0. The Morgan fingerprint density at radius 1 is 1.03 bits per heavy atom. The lowest BCUT2D eigenvalue weighted by Crippen LogP contribution is -2.52. The van der Waals surface area contributed by atoms with Crippen molar-refractivity contribution in [3.8, 4) is 0 Å². The van der Waals surface area contributed by atoms with Crippen LogP contribution in [0.1, 0.15) is 42.6 Å². The van der Waals surface area contributed by atoms with Gasteiger partial charge in [0.15, 0.2) is 0 Å². The summed E-state index contributed by atoms with van der Waals surface area (Å²) in [6, 6.07) is 23.1. The number of rotatable bonds is 9. The van der Waals surface area contributed by atoms with Crippen LogP contribution in [0.4, 0.5) is 0 Å². The molecule has 3 aromatic carbocycles. The third kappa shape index (κ3) is 5.91. The van der Waals surface area contributed by atoms with Crippen LogP contribution in [0.5, 0.6) is 0 Å². The van der Waals surface area contributed by atoms with E-state index >= 15 is 0 Å². The summed E-state index contributed by atoms with van der Waals surface area (Å²) >= 11 is 0. The Labute approximate surface area is 207 Å². The van der Waals surface area contributed by atoms with Gasteiger partial charge >= 0.3 is 0 Å². The van der Waals surface area contributed by atoms with Crippen molar-refractivity contribution in [2.75, 3.05) is 6.54 Å². The van der Waals surface area contributed by atoms with E-state index in [4.69, 9.17) is 12.7 Å². The maximum atomic E-state index is 13.3. The molecule has 7 heteroatoms. The van der Waals surface area contributed by atoms with Crippen molar-refractivity contribution in [1.82, 2.24) is 10.6 Å². The lowest BCUT2D eigenvalue weighted by atomic mass is 9.84. The second-order valence-corrected chi connectivity index (χ2v) is 9.50. The van der Waals surface area contributed by atoms with Gasteiger partial charge in [-0.2, -0.15) is 0 Å². The molecule has 2 N–H and O–H groups in total. The lowest BCUT2D eigenvalue weighted by molar-refractivity contribution is -0.144. The molecule has 0 saturated carbocycles. The fourth-order valence-corrected chi connectivity index (χ4v) is 4.43. The number of carbonyl (C=O) groups is 2. The molecule has 0 spiro atoms. The molecule has 0 bridgehead atoms. The van der Waals surface area contributed by atoms with E-state index in [9.17, 15) is 9.59 Å². The lowest BCUT2D eigenvalue weighted by Gasteiger charge is -2.28. The van der Waals surface area contributed by atoms with Crippen LogP contribution in [-0.2, 0) is 16.1 Å². The number of hydrogen-bond donors (Lipinski definition) is 2. The molecule has 178 valence electrons. The summed E-state index contributed by atoms with van der Waals surface area (Å²) in [5.74, 6) is -0.632. The van der Waals surface area contributed by atoms with Crippen LogP contribution >= 0.6 is 0 Å². The largest absolute Gasteiger partial charge is 0.378 e. The Hall–Kier alpha value is -3.61. The predicted molar refractivity (Wildman–Crippen MR) is 139 cm³/mol. The molecule has 0 aromatic heterocycles. The number of nitrogens with zero attached hydrogens (tertiary/aromatic N) is 1. The van der Waals surface area contributed by atoms with Gasteiger partial charge < -0.3 is 15.5 Å². The van der Waals surface area contributed by atoms with Gasteiger partial charge in [-0.3, -0.25) is 9.59 Å². The van der Waals surface area contributed by atoms with Crippen LogP contribution in [0.15, 0.2) is 78.0 Å². The molecule has 3 aromatic rings. The summed E-state index contributed by atoms with van der Waals surface area (Å²) in [7, 11) is 6.16. The first-order chi connectivity index (χ1) is 16.9. The normalized spacial score (nSPS) is 18.1. The quantitative estimate of drug-likeness (QED) is 0.468. The number of oxime groups is 1. The van der Waals surface area contributed by atoms with Gasteiger partial charge in [-0.1, -0.05) is 85.7 Å². The minimum atomic E-state index is -1.21. The Morgan fingerprint density at radius 3 is 2.51 bits per heavy atom. The van der Waals surface area contributed by atoms with Crippen molar-refractivity contribution >= 4 is 36.1 Å². The summed E-state index contributed by atoms with van der Waals surface area (Å²) in [4.78, 5) is 32.1. The molecule has 1 aliphatic rings. The van der Waals surface area contributed by atoms with E-state index in [1.54, 1.807) is 6.07 Å². The number of carbonyl (C=O) groups excluding carboxylic acids is 2. The fourth-order valence-electron chi connectivity index (χ4n) is 4.43. The molecule has 2 atom stereocenters. The summed E-state index contributed by atoms with van der Waals surface area (Å²) < 4.78 is 0. The van der Waals surface area contributed by atoms with E-state index in [1.807, 2.05) is 66.7 Å². The molecule has 2 radical (unpaired) electrons. The number of hydrogen-bond acceptors (Lipinski definition) is 4. The van der Waals surface area contributed by atoms with Crippen LogP contribution in [0.25, 0.3) is 10.8 Å². The van der Waals surface area contributed by atoms with Crippen LogP contribution in [-0.4, -0.2) is 43.5 Å². The summed E-state index contributed by atoms with van der Waals surface area (Å²) in [6.45, 7) is 4.29. The first kappa shape index (κ1) is 24.5. The summed E-state index contributed by atoms with van der Waals surface area (Å²) in [6.07, 6.45) is 1.26. The predicted octanol–water partition coefficient (Wildman–Crippen LogP) is 3.98. The molecule has 6 nitrogen and oxygen atoms in total. The zero-order valence-electron chi connectivity index (χ0n) is 20.2. The highest BCUT2D eigenvalue weighted by molar-refractivity contribution is 6.13. The minimum Gasteiger partial charge on any atom is -0.378 e. The van der Waals surface area contributed by atoms with Gasteiger partial charge in [-0.05, 0) is 40.7 Å². The molecule has 35 heavy (non-hydrogen) atoms. The van der Waals surface area contributed by atoms with Crippen molar-refractivity contribution in [3.05, 3.63) is 83.9 Å². The van der Waals surface area contributed by atoms with Gasteiger partial charge in [0.05, 0.1) is 20.1 Å². The Morgan fingerprint density at radius 2 is 1.74 bits per heavy atom.